The highest BCUT2D eigenvalue weighted by atomic mass is 16.3. The molecular weight excluding hydrogens is 626 g/mol. The Morgan fingerprint density at radius 3 is 2.44 bits per heavy atom. The fraction of sp³-hybridized carbons (Fsp3) is 0.357. The lowest BCUT2D eigenvalue weighted by molar-refractivity contribution is -0.139. The van der Waals surface area contributed by atoms with Crippen molar-refractivity contribution in [1.82, 2.24) is 4.90 Å². The average Bonchev–Trinajstić information content (AvgIpc) is 3.32. The van der Waals surface area contributed by atoms with Gasteiger partial charge in [0.15, 0.2) is 5.60 Å². The minimum absolute atomic E-state index is 0.0438. The summed E-state index contributed by atoms with van der Waals surface area (Å²) in [4.78, 5) is 45.8. The second-order valence-electron chi connectivity index (χ2n) is 13.6. The van der Waals surface area contributed by atoms with Crippen LogP contribution in [0.1, 0.15) is 70.1 Å². The molecule has 3 aromatic rings. The maximum absolute atomic E-state index is 14.3. The first-order chi connectivity index (χ1) is 24.0. The molecule has 3 amide bonds. The number of aryl methyl sites for hydroxylation is 1. The van der Waals surface area contributed by atoms with E-state index in [-0.39, 0.29) is 31.4 Å². The van der Waals surface area contributed by atoms with E-state index < -0.39 is 17.4 Å². The van der Waals surface area contributed by atoms with Crippen molar-refractivity contribution in [3.05, 3.63) is 125 Å². The van der Waals surface area contributed by atoms with E-state index in [2.05, 4.69) is 26.8 Å². The van der Waals surface area contributed by atoms with E-state index in [1.54, 1.807) is 39.8 Å². The van der Waals surface area contributed by atoms with Gasteiger partial charge in [-0.3, -0.25) is 19.3 Å². The summed E-state index contributed by atoms with van der Waals surface area (Å²) >= 11 is 0. The minimum atomic E-state index is -1.93. The molecule has 2 N–H and O–H groups in total. The Kier molecular flexibility index (Phi) is 11.9. The van der Waals surface area contributed by atoms with Gasteiger partial charge in [-0.05, 0) is 75.4 Å². The average molecular weight is 676 g/mol. The standard InChI is InChI=1S/C42H49N3O5/c1-30(2)12-10-13-31(3)24-25-44-38-22-21-35(45-37-18-9-8-17-34(37)20-23-40(45)48)28-36(38)42(50,41(44)49)32(4)14-11-19-39(47)43(26-27-46)29-33-15-6-5-7-16-33/h5-9,11-12,14-18,21-22,24,28,32,46,50H,10,13,19-20,23,25-27,29H2,1-4H3/b14-11+,31-24+/t32-,42+/m0/s1. The lowest BCUT2D eigenvalue weighted by Crippen LogP contribution is -2.44. The first kappa shape index (κ1) is 36.5. The molecule has 50 heavy (non-hydrogen) atoms. The number of benzene rings is 3. The molecule has 5 rings (SSSR count). The summed E-state index contributed by atoms with van der Waals surface area (Å²) < 4.78 is 0. The van der Waals surface area contributed by atoms with E-state index >= 15 is 0 Å². The molecular formula is C42H49N3O5. The van der Waals surface area contributed by atoms with Crippen LogP contribution in [0.15, 0.2) is 108 Å². The molecule has 2 atom stereocenters. The zero-order chi connectivity index (χ0) is 35.8. The van der Waals surface area contributed by atoms with Gasteiger partial charge in [-0.2, -0.15) is 0 Å². The van der Waals surface area contributed by atoms with Crippen molar-refractivity contribution in [3.8, 4) is 0 Å². The van der Waals surface area contributed by atoms with Crippen molar-refractivity contribution < 1.29 is 24.6 Å². The van der Waals surface area contributed by atoms with Gasteiger partial charge in [0.1, 0.15) is 0 Å². The highest BCUT2D eigenvalue weighted by Gasteiger charge is 2.52. The van der Waals surface area contributed by atoms with E-state index in [0.717, 1.165) is 35.2 Å². The van der Waals surface area contributed by atoms with Crippen molar-refractivity contribution in [1.29, 1.82) is 0 Å². The fourth-order valence-corrected chi connectivity index (χ4v) is 6.76. The molecule has 0 aliphatic carbocycles. The highest BCUT2D eigenvalue weighted by molar-refractivity contribution is 6.09. The van der Waals surface area contributed by atoms with E-state index in [1.165, 1.54) is 5.57 Å². The summed E-state index contributed by atoms with van der Waals surface area (Å²) in [5.74, 6) is -1.36. The third-order valence-corrected chi connectivity index (χ3v) is 9.63. The van der Waals surface area contributed by atoms with Crippen LogP contribution in [-0.4, -0.2) is 52.5 Å². The summed E-state index contributed by atoms with van der Waals surface area (Å²) in [7, 11) is 0. The van der Waals surface area contributed by atoms with Gasteiger partial charge in [0.2, 0.25) is 11.8 Å². The molecule has 0 saturated carbocycles. The molecule has 0 spiro atoms. The molecule has 8 nitrogen and oxygen atoms in total. The number of allylic oxidation sites excluding steroid dienone is 3. The number of carbonyl (C=O) groups excluding carboxylic acids is 3. The van der Waals surface area contributed by atoms with Crippen LogP contribution < -0.4 is 9.80 Å². The Labute approximate surface area is 296 Å². The molecule has 0 unspecified atom stereocenters. The van der Waals surface area contributed by atoms with Gasteiger partial charge in [-0.1, -0.05) is 90.9 Å². The van der Waals surface area contributed by atoms with Gasteiger partial charge >= 0.3 is 0 Å². The van der Waals surface area contributed by atoms with E-state index in [0.29, 0.717) is 42.9 Å². The van der Waals surface area contributed by atoms with Gasteiger partial charge in [-0.25, -0.2) is 0 Å². The van der Waals surface area contributed by atoms with E-state index in [9.17, 15) is 24.6 Å². The number of aliphatic hydroxyl groups is 2. The molecule has 3 aromatic carbocycles. The van der Waals surface area contributed by atoms with Gasteiger partial charge in [0.25, 0.3) is 5.91 Å². The van der Waals surface area contributed by atoms with Crippen molar-refractivity contribution in [3.63, 3.8) is 0 Å². The topological polar surface area (TPSA) is 101 Å². The number of carbonyl (C=O) groups is 3. The summed E-state index contributed by atoms with van der Waals surface area (Å²) in [5.41, 5.74) is 4.93. The molecule has 2 aliphatic rings. The highest BCUT2D eigenvalue weighted by Crippen LogP contribution is 2.48. The fourth-order valence-electron chi connectivity index (χ4n) is 6.76. The van der Waals surface area contributed by atoms with Crippen LogP contribution in [0.2, 0.25) is 0 Å². The van der Waals surface area contributed by atoms with Crippen LogP contribution in [-0.2, 0) is 33.0 Å². The van der Waals surface area contributed by atoms with Crippen LogP contribution >= 0.6 is 0 Å². The molecule has 0 aromatic heterocycles. The van der Waals surface area contributed by atoms with Gasteiger partial charge in [0, 0.05) is 49.6 Å². The van der Waals surface area contributed by atoms with Crippen LogP contribution in [0.3, 0.4) is 0 Å². The number of rotatable bonds is 14. The Morgan fingerprint density at radius 2 is 1.70 bits per heavy atom. The Morgan fingerprint density at radius 1 is 0.960 bits per heavy atom. The SMILES string of the molecule is CC(C)=CCC/C(C)=C/CN1C(=O)[C@@](O)([C@@H](C)/C=C/CC(=O)N(CCO)Cc2ccccc2)c2cc(N3C(=O)CCc4ccccc43)ccc21. The third kappa shape index (κ3) is 7.98. The number of aliphatic hydroxyl groups excluding tert-OH is 1. The molecule has 0 fully saturated rings. The van der Waals surface area contributed by atoms with E-state index in [1.807, 2.05) is 72.8 Å². The number of amides is 3. The molecule has 262 valence electrons. The zero-order valence-corrected chi connectivity index (χ0v) is 29.6. The maximum atomic E-state index is 14.3. The monoisotopic (exact) mass is 675 g/mol. The number of fused-ring (bicyclic) bond motifs is 2. The van der Waals surface area contributed by atoms with Gasteiger partial charge in [-0.15, -0.1) is 0 Å². The molecule has 8 heteroatoms. The number of hydrogen-bond donors (Lipinski definition) is 2. The number of anilines is 3. The van der Waals surface area contributed by atoms with Gasteiger partial charge < -0.3 is 20.0 Å². The van der Waals surface area contributed by atoms with Crippen molar-refractivity contribution in [2.45, 2.75) is 71.9 Å². The predicted octanol–water partition coefficient (Wildman–Crippen LogP) is 7.13. The second kappa shape index (κ2) is 16.3. The molecule has 2 aliphatic heterocycles. The minimum Gasteiger partial charge on any atom is -0.395 e. The van der Waals surface area contributed by atoms with Crippen LogP contribution in [0.25, 0.3) is 0 Å². The third-order valence-electron chi connectivity index (χ3n) is 9.63. The van der Waals surface area contributed by atoms with Gasteiger partial charge in [0.05, 0.1) is 18.0 Å². The number of para-hydroxylation sites is 1. The van der Waals surface area contributed by atoms with Crippen molar-refractivity contribution >= 4 is 34.8 Å². The van der Waals surface area contributed by atoms with Crippen molar-refractivity contribution in [2.75, 3.05) is 29.5 Å². The first-order valence-corrected chi connectivity index (χ1v) is 17.5. The number of hydrogen-bond acceptors (Lipinski definition) is 5. The van der Waals surface area contributed by atoms with Crippen LogP contribution in [0.5, 0.6) is 0 Å². The van der Waals surface area contributed by atoms with Crippen molar-refractivity contribution in [2.24, 2.45) is 5.92 Å². The summed E-state index contributed by atoms with van der Waals surface area (Å²) in [5, 5.41) is 22.1. The zero-order valence-electron chi connectivity index (χ0n) is 29.6. The van der Waals surface area contributed by atoms with Crippen LogP contribution in [0, 0.1) is 5.92 Å². The predicted molar refractivity (Wildman–Crippen MR) is 199 cm³/mol. The molecule has 0 saturated heterocycles. The molecule has 2 heterocycles. The lowest BCUT2D eigenvalue weighted by Gasteiger charge is -2.31. The van der Waals surface area contributed by atoms with E-state index in [4.69, 9.17) is 0 Å². The smallest absolute Gasteiger partial charge is 0.264 e. The maximum Gasteiger partial charge on any atom is 0.264 e. The van der Waals surface area contributed by atoms with Crippen LogP contribution in [0.4, 0.5) is 17.1 Å². The summed E-state index contributed by atoms with van der Waals surface area (Å²) in [6, 6.07) is 22.9. The molecule has 0 bridgehead atoms. The quantitative estimate of drug-likeness (QED) is 0.177. The number of nitrogens with zero attached hydrogens (tertiary/aromatic N) is 3. The second-order valence-corrected chi connectivity index (χ2v) is 13.6. The summed E-state index contributed by atoms with van der Waals surface area (Å²) in [6.45, 7) is 8.68. The Bertz CT molecular complexity index is 1790. The lowest BCUT2D eigenvalue weighted by atomic mass is 9.82. The Hall–Kier alpha value is -4.79. The first-order valence-electron chi connectivity index (χ1n) is 17.5. The normalized spacial score (nSPS) is 17.9. The Balaban J connectivity index is 1.44. The largest absolute Gasteiger partial charge is 0.395 e. The summed E-state index contributed by atoms with van der Waals surface area (Å²) in [6.07, 6.45) is 10.5. The molecule has 0 radical (unpaired) electrons.